The minimum Gasteiger partial charge on any atom is -0.494 e. The maximum Gasteiger partial charge on any atom is 0.339 e. The fourth-order valence-electron chi connectivity index (χ4n) is 4.92. The molecular weight excluding hydrogens is 488 g/mol. The predicted octanol–water partition coefficient (Wildman–Crippen LogP) is 5.44. The van der Waals surface area contributed by atoms with Crippen LogP contribution in [0.4, 0.5) is 0 Å². The van der Waals surface area contributed by atoms with E-state index in [1.807, 2.05) is 62.4 Å². The largest absolute Gasteiger partial charge is 0.494 e. The molecule has 2 heterocycles. The third-order valence-electron chi connectivity index (χ3n) is 6.65. The Bertz CT molecular complexity index is 1380. The van der Waals surface area contributed by atoms with Gasteiger partial charge in [0.25, 0.3) is 0 Å². The van der Waals surface area contributed by atoms with Crippen molar-refractivity contribution in [3.8, 4) is 34.5 Å². The van der Waals surface area contributed by atoms with Gasteiger partial charge in [-0.15, -0.1) is 0 Å². The number of methoxy groups -OCH3 is 3. The van der Waals surface area contributed by atoms with E-state index in [0.29, 0.717) is 52.9 Å². The Balaban J connectivity index is 1.64. The molecule has 3 aromatic carbocycles. The number of rotatable bonds is 9. The average Bonchev–Trinajstić information content (AvgIpc) is 3.52. The van der Waals surface area contributed by atoms with Crippen molar-refractivity contribution in [2.24, 2.45) is 0 Å². The monoisotopic (exact) mass is 518 g/mol. The smallest absolute Gasteiger partial charge is 0.339 e. The number of hydrogen-bond acceptors (Lipinski definition) is 8. The van der Waals surface area contributed by atoms with Gasteiger partial charge in [-0.25, -0.2) is 4.79 Å². The third kappa shape index (κ3) is 4.58. The van der Waals surface area contributed by atoms with Gasteiger partial charge in [0, 0.05) is 0 Å². The number of aryl methyl sites for hydroxylation is 1. The molecular formula is C30H30O8. The van der Waals surface area contributed by atoms with Gasteiger partial charge in [0.2, 0.25) is 12.5 Å². The number of carbonyl (C=O) groups excluding carboxylic acids is 1. The summed E-state index contributed by atoms with van der Waals surface area (Å²) in [6.45, 7) is 4.64. The van der Waals surface area contributed by atoms with Crippen LogP contribution < -0.4 is 28.4 Å². The summed E-state index contributed by atoms with van der Waals surface area (Å²) >= 11 is 0. The lowest BCUT2D eigenvalue weighted by Crippen LogP contribution is -2.06. The molecule has 0 fully saturated rings. The summed E-state index contributed by atoms with van der Waals surface area (Å²) in [5.74, 6) is 3.20. The molecule has 2 aliphatic heterocycles. The zero-order valence-corrected chi connectivity index (χ0v) is 22.1. The maximum atomic E-state index is 13.4. The van der Waals surface area contributed by atoms with Gasteiger partial charge >= 0.3 is 5.97 Å². The number of esters is 1. The molecule has 0 saturated heterocycles. The first-order chi connectivity index (χ1) is 18.5. The highest BCUT2D eigenvalue weighted by atomic mass is 16.7. The second kappa shape index (κ2) is 10.6. The van der Waals surface area contributed by atoms with E-state index in [0.717, 1.165) is 28.0 Å². The number of hydrogen-bond donors (Lipinski definition) is 0. The molecule has 2 aliphatic rings. The van der Waals surface area contributed by atoms with Crippen LogP contribution in [0.2, 0.25) is 0 Å². The van der Waals surface area contributed by atoms with Gasteiger partial charge in [0.15, 0.2) is 23.0 Å². The molecule has 8 nitrogen and oxygen atoms in total. The molecule has 0 amide bonds. The molecule has 198 valence electrons. The van der Waals surface area contributed by atoms with E-state index in [1.165, 1.54) is 0 Å². The fraction of sp³-hybridized carbons (Fsp3) is 0.300. The molecule has 0 bridgehead atoms. The van der Waals surface area contributed by atoms with E-state index < -0.39 is 12.1 Å². The zero-order valence-electron chi connectivity index (χ0n) is 22.1. The van der Waals surface area contributed by atoms with Crippen molar-refractivity contribution < 1.29 is 38.0 Å². The van der Waals surface area contributed by atoms with E-state index in [-0.39, 0.29) is 6.79 Å². The Morgan fingerprint density at radius 2 is 1.61 bits per heavy atom. The van der Waals surface area contributed by atoms with E-state index in [1.54, 1.807) is 21.3 Å². The van der Waals surface area contributed by atoms with Gasteiger partial charge < -0.3 is 33.2 Å². The van der Waals surface area contributed by atoms with Crippen molar-refractivity contribution in [2.45, 2.75) is 26.4 Å². The Hall–Kier alpha value is -4.33. The van der Waals surface area contributed by atoms with Crippen molar-refractivity contribution >= 4 is 11.5 Å². The van der Waals surface area contributed by atoms with Crippen LogP contribution in [0.25, 0.3) is 5.57 Å². The van der Waals surface area contributed by atoms with Gasteiger partial charge in [-0.05, 0) is 84.5 Å². The summed E-state index contributed by atoms with van der Waals surface area (Å²) in [5.41, 5.74) is 4.70. The molecule has 5 rings (SSSR count). The first kappa shape index (κ1) is 25.3. The van der Waals surface area contributed by atoms with Crippen LogP contribution >= 0.6 is 0 Å². The molecule has 1 atom stereocenters. The summed E-state index contributed by atoms with van der Waals surface area (Å²) in [5, 5.41) is 0. The van der Waals surface area contributed by atoms with Crippen molar-refractivity contribution in [2.75, 3.05) is 34.7 Å². The Kier molecular flexibility index (Phi) is 7.05. The molecule has 1 unspecified atom stereocenters. The topological polar surface area (TPSA) is 81.7 Å². The molecule has 38 heavy (non-hydrogen) atoms. The number of cyclic esters (lactones) is 1. The standard InChI is InChI=1S/C30H30O8/c1-6-35-22-9-8-20(11-17(22)2)28-21(12-18-13-25(32-3)29(34-5)26(14-18)33-4)27(30(31)38-28)19-7-10-23-24(15-19)37-16-36-23/h7-11,13-15,28H,6,12,16H2,1-5H3. The van der Waals surface area contributed by atoms with Crippen LogP contribution in [0.15, 0.2) is 54.1 Å². The third-order valence-corrected chi connectivity index (χ3v) is 6.65. The van der Waals surface area contributed by atoms with Crippen LogP contribution in [0.5, 0.6) is 34.5 Å². The lowest BCUT2D eigenvalue weighted by atomic mass is 9.89. The fourth-order valence-corrected chi connectivity index (χ4v) is 4.92. The van der Waals surface area contributed by atoms with E-state index in [2.05, 4.69) is 0 Å². The summed E-state index contributed by atoms with van der Waals surface area (Å²) in [4.78, 5) is 13.4. The van der Waals surface area contributed by atoms with Crippen LogP contribution in [-0.4, -0.2) is 40.7 Å². The van der Waals surface area contributed by atoms with Crippen LogP contribution in [0.3, 0.4) is 0 Å². The molecule has 3 aromatic rings. The van der Waals surface area contributed by atoms with Crippen LogP contribution in [0, 0.1) is 6.92 Å². The Morgan fingerprint density at radius 3 is 2.26 bits per heavy atom. The van der Waals surface area contributed by atoms with Crippen molar-refractivity contribution in [3.63, 3.8) is 0 Å². The first-order valence-corrected chi connectivity index (χ1v) is 12.3. The van der Waals surface area contributed by atoms with Crippen LogP contribution in [-0.2, 0) is 16.0 Å². The molecule has 0 saturated carbocycles. The predicted molar refractivity (Wildman–Crippen MR) is 140 cm³/mol. The van der Waals surface area contributed by atoms with Gasteiger partial charge in [-0.3, -0.25) is 0 Å². The lowest BCUT2D eigenvalue weighted by Gasteiger charge is -2.18. The minimum absolute atomic E-state index is 0.147. The van der Waals surface area contributed by atoms with E-state index >= 15 is 0 Å². The van der Waals surface area contributed by atoms with Crippen molar-refractivity contribution in [3.05, 3.63) is 76.4 Å². The SMILES string of the molecule is CCOc1ccc(C2OC(=O)C(c3ccc4c(c3)OCO4)=C2Cc2cc(OC)c(OC)c(OC)c2)cc1C. The highest BCUT2D eigenvalue weighted by Gasteiger charge is 2.37. The summed E-state index contributed by atoms with van der Waals surface area (Å²) < 4.78 is 39.4. The summed E-state index contributed by atoms with van der Waals surface area (Å²) in [7, 11) is 4.71. The summed E-state index contributed by atoms with van der Waals surface area (Å²) in [6, 6.07) is 15.1. The zero-order chi connectivity index (χ0) is 26.8. The summed E-state index contributed by atoms with van der Waals surface area (Å²) in [6.07, 6.45) is -0.181. The molecule has 0 aliphatic carbocycles. The van der Waals surface area contributed by atoms with Gasteiger partial charge in [-0.2, -0.15) is 0 Å². The Labute approximate surface area is 221 Å². The van der Waals surface area contributed by atoms with Gasteiger partial charge in [0.05, 0.1) is 33.5 Å². The average molecular weight is 519 g/mol. The van der Waals surface area contributed by atoms with Gasteiger partial charge in [-0.1, -0.05) is 12.1 Å². The molecule has 0 radical (unpaired) electrons. The molecule has 0 spiro atoms. The van der Waals surface area contributed by atoms with Crippen molar-refractivity contribution in [1.29, 1.82) is 0 Å². The number of benzene rings is 3. The highest BCUT2D eigenvalue weighted by Crippen LogP contribution is 2.46. The molecule has 8 heteroatoms. The lowest BCUT2D eigenvalue weighted by molar-refractivity contribution is -0.138. The second-order valence-electron chi connectivity index (χ2n) is 8.92. The highest BCUT2D eigenvalue weighted by molar-refractivity contribution is 6.20. The normalized spacial score (nSPS) is 15.9. The van der Waals surface area contributed by atoms with Gasteiger partial charge in [0.1, 0.15) is 11.9 Å². The maximum absolute atomic E-state index is 13.4. The minimum atomic E-state index is -0.587. The first-order valence-electron chi connectivity index (χ1n) is 12.3. The quantitative estimate of drug-likeness (QED) is 0.346. The molecule has 0 N–H and O–H groups in total. The van der Waals surface area contributed by atoms with E-state index in [4.69, 9.17) is 33.2 Å². The number of ether oxygens (including phenoxy) is 7. The van der Waals surface area contributed by atoms with E-state index in [9.17, 15) is 4.79 Å². The van der Waals surface area contributed by atoms with Crippen molar-refractivity contribution in [1.82, 2.24) is 0 Å². The number of carbonyl (C=O) groups is 1. The Morgan fingerprint density at radius 1 is 0.868 bits per heavy atom. The molecule has 0 aromatic heterocycles. The second-order valence-corrected chi connectivity index (χ2v) is 8.92. The van der Waals surface area contributed by atoms with Crippen LogP contribution in [0.1, 0.15) is 35.3 Å². The number of fused-ring (bicyclic) bond motifs is 1.